The van der Waals surface area contributed by atoms with Gasteiger partial charge >= 0.3 is 0 Å². The molecule has 0 aliphatic rings. The molecule has 9 N–H and O–H groups in total. The van der Waals surface area contributed by atoms with Crippen LogP contribution < -0.4 is 33.4 Å². The highest BCUT2D eigenvalue weighted by Gasteiger charge is 2.17. The van der Waals surface area contributed by atoms with Crippen LogP contribution in [0.5, 0.6) is 0 Å². The Hall–Kier alpha value is -2.12. The average molecular weight is 823 g/mol. The van der Waals surface area contributed by atoms with Crippen LogP contribution in [-0.2, 0) is 19.2 Å². The minimum Gasteiger partial charge on any atom is -0.355 e. The molecule has 342 valence electrons. The van der Waals surface area contributed by atoms with E-state index < -0.39 is 6.04 Å². The first-order valence-electron chi connectivity index (χ1n) is 24.3. The predicted molar refractivity (Wildman–Crippen MR) is 243 cm³/mol. The summed E-state index contributed by atoms with van der Waals surface area (Å²) < 4.78 is 0. The van der Waals surface area contributed by atoms with Crippen LogP contribution in [0.25, 0.3) is 0 Å². The minimum absolute atomic E-state index is 0.145. The van der Waals surface area contributed by atoms with Crippen LogP contribution in [0, 0.1) is 0 Å². The zero-order valence-electron chi connectivity index (χ0n) is 37.9. The molecule has 58 heavy (non-hydrogen) atoms. The van der Waals surface area contributed by atoms with Gasteiger partial charge in [-0.3, -0.25) is 19.8 Å². The third kappa shape index (κ3) is 34.7. The SMILES string of the molecule is CCCCCCCCCCCC(=O)N(CCCCN(CCCNC(=O)[C@@H](N)CCCCN)C(=O)CCCCCCCCCCC)CCCNN[C@@H](C=O)CCCCN. The van der Waals surface area contributed by atoms with E-state index in [4.69, 9.17) is 17.2 Å². The molecule has 0 aromatic carbocycles. The van der Waals surface area contributed by atoms with Gasteiger partial charge in [0, 0.05) is 52.1 Å². The van der Waals surface area contributed by atoms with Gasteiger partial charge in [0.05, 0.1) is 12.1 Å². The van der Waals surface area contributed by atoms with Gasteiger partial charge in [0.15, 0.2) is 0 Å². The van der Waals surface area contributed by atoms with Crippen molar-refractivity contribution >= 4 is 24.0 Å². The van der Waals surface area contributed by atoms with Crippen molar-refractivity contribution in [1.29, 1.82) is 0 Å². The van der Waals surface area contributed by atoms with Crippen molar-refractivity contribution in [1.82, 2.24) is 26.0 Å². The third-order valence-corrected chi connectivity index (χ3v) is 11.2. The van der Waals surface area contributed by atoms with E-state index in [1.54, 1.807) is 0 Å². The number of hydrazine groups is 1. The largest absolute Gasteiger partial charge is 0.355 e. The van der Waals surface area contributed by atoms with Crippen LogP contribution in [0.3, 0.4) is 0 Å². The fraction of sp³-hybridized carbons (Fsp3) is 0.913. The molecule has 0 aliphatic carbocycles. The quantitative estimate of drug-likeness (QED) is 0.0207. The highest BCUT2D eigenvalue weighted by Crippen LogP contribution is 2.14. The number of nitrogens with zero attached hydrogens (tertiary/aromatic N) is 2. The first-order chi connectivity index (χ1) is 28.3. The van der Waals surface area contributed by atoms with Gasteiger partial charge in [-0.1, -0.05) is 129 Å². The Bertz CT molecular complexity index is 959. The van der Waals surface area contributed by atoms with Crippen molar-refractivity contribution in [3.05, 3.63) is 0 Å². The van der Waals surface area contributed by atoms with Gasteiger partial charge in [0.1, 0.15) is 6.29 Å². The lowest BCUT2D eigenvalue weighted by atomic mass is 10.1. The van der Waals surface area contributed by atoms with Crippen LogP contribution in [0.15, 0.2) is 0 Å². The summed E-state index contributed by atoms with van der Waals surface area (Å²) in [6.07, 6.45) is 31.9. The molecule has 2 atom stereocenters. The molecular formula is C46H94N8O4. The molecule has 0 fully saturated rings. The maximum absolute atomic E-state index is 13.5. The molecule has 12 heteroatoms. The maximum atomic E-state index is 13.5. The molecule has 3 amide bonds. The first-order valence-corrected chi connectivity index (χ1v) is 24.3. The van der Waals surface area contributed by atoms with Crippen molar-refractivity contribution < 1.29 is 19.2 Å². The molecule has 0 aromatic rings. The molecule has 0 saturated heterocycles. The fourth-order valence-electron chi connectivity index (χ4n) is 7.31. The van der Waals surface area contributed by atoms with Gasteiger partial charge in [-0.05, 0) is 77.3 Å². The summed E-state index contributed by atoms with van der Waals surface area (Å²) in [5, 5.41) is 2.96. The van der Waals surface area contributed by atoms with E-state index in [-0.39, 0.29) is 23.8 Å². The van der Waals surface area contributed by atoms with Gasteiger partial charge < -0.3 is 37.1 Å². The Morgan fingerprint density at radius 3 is 1.38 bits per heavy atom. The lowest BCUT2D eigenvalue weighted by molar-refractivity contribution is -0.133. The van der Waals surface area contributed by atoms with E-state index in [2.05, 4.69) is 30.0 Å². The van der Waals surface area contributed by atoms with E-state index >= 15 is 0 Å². The van der Waals surface area contributed by atoms with Crippen molar-refractivity contribution in [3.8, 4) is 0 Å². The van der Waals surface area contributed by atoms with E-state index in [9.17, 15) is 19.2 Å². The van der Waals surface area contributed by atoms with Gasteiger partial charge in [-0.15, -0.1) is 0 Å². The Balaban J connectivity index is 5.13. The fourth-order valence-corrected chi connectivity index (χ4v) is 7.31. The second kappa shape index (κ2) is 43.0. The predicted octanol–water partition coefficient (Wildman–Crippen LogP) is 7.41. The van der Waals surface area contributed by atoms with E-state index in [1.807, 2.05) is 9.80 Å². The summed E-state index contributed by atoms with van der Waals surface area (Å²) in [6, 6.07) is -0.782. The summed E-state index contributed by atoms with van der Waals surface area (Å²) in [5.74, 6) is 0.244. The zero-order chi connectivity index (χ0) is 42.7. The number of hydrogen-bond donors (Lipinski definition) is 6. The van der Waals surface area contributed by atoms with Crippen molar-refractivity contribution in [2.24, 2.45) is 17.2 Å². The Kier molecular flexibility index (Phi) is 41.4. The summed E-state index contributed by atoms with van der Waals surface area (Å²) >= 11 is 0. The van der Waals surface area contributed by atoms with Gasteiger partial charge in [0.2, 0.25) is 17.7 Å². The molecule has 0 heterocycles. The number of rotatable bonds is 45. The number of nitrogens with one attached hydrogen (secondary N) is 3. The number of amides is 3. The highest BCUT2D eigenvalue weighted by atomic mass is 16.2. The topological polar surface area (TPSA) is 189 Å². The Morgan fingerprint density at radius 2 is 0.931 bits per heavy atom. The standard InChI is InChI=1S/C46H94N8O4/c1-3-5-7-9-11-13-15-17-19-31-44(56)53(39-27-35-50-46(58)43(49)30-22-24-34-48)37-25-26-38-54(40-28-36-51-52-42(41-55)29-21-23-33-47)45(57)32-20-18-16-14-12-10-8-6-4-2/h41-43,51-52H,3-40,47-49H2,1-2H3,(H,50,58)/t42-,43+/m1/s1. The lowest BCUT2D eigenvalue weighted by Crippen LogP contribution is -2.43. The molecule has 0 saturated carbocycles. The zero-order valence-corrected chi connectivity index (χ0v) is 37.9. The van der Waals surface area contributed by atoms with Crippen LogP contribution in [0.2, 0.25) is 0 Å². The van der Waals surface area contributed by atoms with Crippen LogP contribution in [0.4, 0.5) is 0 Å². The lowest BCUT2D eigenvalue weighted by Gasteiger charge is -2.26. The molecule has 0 spiro atoms. The van der Waals surface area contributed by atoms with E-state index in [1.165, 1.54) is 89.9 Å². The van der Waals surface area contributed by atoms with Crippen LogP contribution in [0.1, 0.15) is 206 Å². The van der Waals surface area contributed by atoms with Crippen LogP contribution >= 0.6 is 0 Å². The van der Waals surface area contributed by atoms with Crippen molar-refractivity contribution in [2.75, 3.05) is 52.4 Å². The monoisotopic (exact) mass is 823 g/mol. The van der Waals surface area contributed by atoms with Crippen molar-refractivity contribution in [2.45, 2.75) is 219 Å². The van der Waals surface area contributed by atoms with Crippen LogP contribution in [-0.4, -0.2) is 98.2 Å². The first kappa shape index (κ1) is 55.9. The smallest absolute Gasteiger partial charge is 0.236 e. The number of hydrogen-bond acceptors (Lipinski definition) is 9. The second-order valence-corrected chi connectivity index (χ2v) is 16.6. The van der Waals surface area contributed by atoms with Gasteiger partial charge in [-0.25, -0.2) is 5.43 Å². The molecule has 0 bridgehead atoms. The molecule has 0 aliphatic heterocycles. The normalized spacial score (nSPS) is 12.4. The summed E-state index contributed by atoms with van der Waals surface area (Å²) in [7, 11) is 0. The van der Waals surface area contributed by atoms with Crippen molar-refractivity contribution in [3.63, 3.8) is 0 Å². The number of nitrogens with two attached hydrogens (primary N) is 3. The minimum atomic E-state index is -0.534. The molecular weight excluding hydrogens is 729 g/mol. The molecule has 0 unspecified atom stereocenters. The molecule has 0 radical (unpaired) electrons. The number of unbranched alkanes of at least 4 members (excludes halogenated alkanes) is 19. The molecule has 12 nitrogen and oxygen atoms in total. The number of aldehydes is 1. The van der Waals surface area contributed by atoms with E-state index in [0.717, 1.165) is 83.3 Å². The summed E-state index contributed by atoms with van der Waals surface area (Å²) in [6.45, 7) is 9.40. The third-order valence-electron chi connectivity index (χ3n) is 11.2. The highest BCUT2D eigenvalue weighted by molar-refractivity contribution is 5.81. The van der Waals surface area contributed by atoms with Gasteiger partial charge in [-0.2, -0.15) is 0 Å². The van der Waals surface area contributed by atoms with E-state index in [0.29, 0.717) is 78.0 Å². The maximum Gasteiger partial charge on any atom is 0.236 e. The summed E-state index contributed by atoms with van der Waals surface area (Å²) in [5.41, 5.74) is 23.6. The van der Waals surface area contributed by atoms with Gasteiger partial charge in [0.25, 0.3) is 0 Å². The second-order valence-electron chi connectivity index (χ2n) is 16.6. The molecule has 0 aromatic heterocycles. The number of carbonyl (C=O) groups excluding carboxylic acids is 4. The Morgan fingerprint density at radius 1 is 0.517 bits per heavy atom. The summed E-state index contributed by atoms with van der Waals surface area (Å²) in [4.78, 5) is 54.9. The Labute approximate surface area is 356 Å². The average Bonchev–Trinajstić information content (AvgIpc) is 3.22. The molecule has 0 rings (SSSR count). The number of carbonyl (C=O) groups is 4.